The molecule has 4 aromatic rings. The van der Waals surface area contributed by atoms with Gasteiger partial charge in [0.05, 0.1) is 22.5 Å². The van der Waals surface area contributed by atoms with Crippen molar-refractivity contribution in [1.29, 1.82) is 0 Å². The molecule has 4 saturated heterocycles. The van der Waals surface area contributed by atoms with E-state index in [1.54, 1.807) is 12.1 Å². The lowest BCUT2D eigenvalue weighted by Crippen LogP contribution is -2.45. The zero-order valence-electron chi connectivity index (χ0n) is 25.7. The quantitative estimate of drug-likeness (QED) is 0.258. The first-order valence-electron chi connectivity index (χ1n) is 16.8. The monoisotopic (exact) mass is 623 g/mol. The van der Waals surface area contributed by atoms with E-state index in [4.69, 9.17) is 26.1 Å². The summed E-state index contributed by atoms with van der Waals surface area (Å²) in [5, 5.41) is 5.66. The van der Waals surface area contributed by atoms with Gasteiger partial charge in [-0.3, -0.25) is 4.90 Å². The third-order valence-corrected chi connectivity index (χ3v) is 11.6. The zero-order chi connectivity index (χ0) is 31.2. The molecule has 236 valence electrons. The molecule has 5 aliphatic rings. The molecule has 0 radical (unpaired) electrons. The minimum atomic E-state index is -0.882. The molecule has 1 unspecified atom stereocenters. The molecular formula is C37H36F3N5O. The Morgan fingerprint density at radius 3 is 2.87 bits per heavy atom. The van der Waals surface area contributed by atoms with Crippen LogP contribution in [0, 0.1) is 29.9 Å². The second-order valence-corrected chi connectivity index (χ2v) is 14.1. The van der Waals surface area contributed by atoms with Gasteiger partial charge in [-0.25, -0.2) is 18.2 Å². The molecule has 1 aliphatic carbocycles. The minimum absolute atomic E-state index is 0.0839. The number of terminal acetylenes is 1. The number of fused-ring (bicyclic) bond motifs is 7. The summed E-state index contributed by atoms with van der Waals surface area (Å²) in [5.41, 5.74) is 1.99. The smallest absolute Gasteiger partial charge is 0.317 e. The number of alkyl halides is 1. The number of nitrogens with zero attached hydrogens (tertiary/aromatic N) is 4. The first-order valence-corrected chi connectivity index (χ1v) is 16.8. The first-order chi connectivity index (χ1) is 22.4. The van der Waals surface area contributed by atoms with Gasteiger partial charge in [-0.2, -0.15) is 9.97 Å². The van der Waals surface area contributed by atoms with E-state index in [1.807, 2.05) is 12.1 Å². The van der Waals surface area contributed by atoms with Crippen molar-refractivity contribution in [3.8, 4) is 29.6 Å². The number of hydrogen-bond acceptors (Lipinski definition) is 6. The fourth-order valence-electron chi connectivity index (χ4n) is 9.64. The van der Waals surface area contributed by atoms with E-state index >= 15 is 4.39 Å². The van der Waals surface area contributed by atoms with Crippen LogP contribution in [0.15, 0.2) is 30.3 Å². The van der Waals surface area contributed by atoms with Crippen LogP contribution >= 0.6 is 0 Å². The van der Waals surface area contributed by atoms with E-state index in [1.165, 1.54) is 6.07 Å². The van der Waals surface area contributed by atoms with E-state index in [2.05, 4.69) is 16.1 Å². The molecule has 9 heteroatoms. The Balaban J connectivity index is 1.24. The third-order valence-electron chi connectivity index (χ3n) is 11.6. The Morgan fingerprint density at radius 2 is 1.98 bits per heavy atom. The lowest BCUT2D eigenvalue weighted by atomic mass is 9.74. The number of hydrogen-bond donors (Lipinski definition) is 1. The normalized spacial score (nSPS) is 30.2. The molecule has 4 fully saturated rings. The summed E-state index contributed by atoms with van der Waals surface area (Å²) in [6.45, 7) is 1.54. The summed E-state index contributed by atoms with van der Waals surface area (Å²) in [6, 6.07) is 9.34. The van der Waals surface area contributed by atoms with Crippen molar-refractivity contribution in [3.05, 3.63) is 58.9 Å². The van der Waals surface area contributed by atoms with Gasteiger partial charge >= 0.3 is 6.01 Å². The SMILES string of the molecule is C#Cc1c(F)ccc2cccc(-c3nc4c5c(nc(OC[C@@]67CCCN6C[C@H](F)C7)nc5c3F)C3C[C@H]5CC[C@H](N5)[C@H]3CCC4)c12. The number of aromatic nitrogens is 3. The molecule has 2 bridgehead atoms. The fourth-order valence-corrected chi connectivity index (χ4v) is 9.64. The third kappa shape index (κ3) is 4.29. The van der Waals surface area contributed by atoms with E-state index in [0.29, 0.717) is 59.1 Å². The van der Waals surface area contributed by atoms with Gasteiger partial charge in [0.25, 0.3) is 0 Å². The number of rotatable bonds is 4. The molecular weight excluding hydrogens is 587 g/mol. The Kier molecular flexibility index (Phi) is 6.59. The van der Waals surface area contributed by atoms with Gasteiger partial charge in [0.15, 0.2) is 5.82 Å². The van der Waals surface area contributed by atoms with Crippen molar-refractivity contribution in [3.63, 3.8) is 0 Å². The van der Waals surface area contributed by atoms with Crippen LogP contribution in [0.5, 0.6) is 6.01 Å². The van der Waals surface area contributed by atoms with E-state index in [0.717, 1.165) is 62.9 Å². The molecule has 1 N–H and O–H groups in total. The van der Waals surface area contributed by atoms with Crippen molar-refractivity contribution in [2.45, 2.75) is 87.5 Å². The lowest BCUT2D eigenvalue weighted by molar-refractivity contribution is 0.107. The number of pyridine rings is 1. The fraction of sp³-hybridized carbons (Fsp3) is 0.486. The van der Waals surface area contributed by atoms with E-state index < -0.39 is 17.8 Å². The second kappa shape index (κ2) is 10.6. The van der Waals surface area contributed by atoms with Crippen LogP contribution in [-0.4, -0.2) is 63.3 Å². The predicted octanol–water partition coefficient (Wildman–Crippen LogP) is 6.62. The van der Waals surface area contributed by atoms with E-state index in [-0.39, 0.29) is 40.8 Å². The maximum atomic E-state index is 17.1. The molecule has 46 heavy (non-hydrogen) atoms. The molecule has 4 aliphatic heterocycles. The van der Waals surface area contributed by atoms with Crippen LogP contribution < -0.4 is 10.1 Å². The Hall–Kier alpha value is -3.74. The molecule has 6 heterocycles. The van der Waals surface area contributed by atoms with Crippen LogP contribution in [0.3, 0.4) is 0 Å². The first kappa shape index (κ1) is 28.5. The maximum Gasteiger partial charge on any atom is 0.317 e. The molecule has 0 spiro atoms. The lowest BCUT2D eigenvalue weighted by Gasteiger charge is -2.39. The Labute approximate surface area is 266 Å². The zero-order valence-corrected chi connectivity index (χ0v) is 25.7. The number of aryl methyl sites for hydroxylation is 1. The standard InChI is InChI=1S/C37H36F3N5O/c1-2-23-27(39)12-10-20-6-3-8-25(30(20)23)34-32(40)35-31-29(42-34)9-4-7-24-26(16-22-11-13-28(24)41-22)33(31)43-36(44-35)46-19-37-14-5-15-45(37)18-21(38)17-37/h1,3,6,8,10,12,21-22,24,26,28,41H,4-5,7,9,11,13-19H2/t21-,22-,24+,26?,28+,37+/m1/s1. The Morgan fingerprint density at radius 1 is 1.07 bits per heavy atom. The van der Waals surface area contributed by atoms with Gasteiger partial charge in [-0.15, -0.1) is 6.42 Å². The van der Waals surface area contributed by atoms with Crippen molar-refractivity contribution in [2.24, 2.45) is 5.92 Å². The van der Waals surface area contributed by atoms with Crippen LogP contribution in [0.1, 0.15) is 74.2 Å². The topological polar surface area (TPSA) is 63.2 Å². The van der Waals surface area contributed by atoms with Crippen LogP contribution in [0.4, 0.5) is 13.2 Å². The highest BCUT2D eigenvalue weighted by Gasteiger charge is 2.50. The predicted molar refractivity (Wildman–Crippen MR) is 170 cm³/mol. The summed E-state index contributed by atoms with van der Waals surface area (Å²) in [6.07, 6.45) is 12.9. The molecule has 9 rings (SSSR count). The van der Waals surface area contributed by atoms with Crippen LogP contribution in [-0.2, 0) is 6.42 Å². The molecule has 0 saturated carbocycles. The average Bonchev–Trinajstić information content (AvgIpc) is 3.72. The summed E-state index contributed by atoms with van der Waals surface area (Å²) in [5.74, 6) is 1.86. The van der Waals surface area contributed by atoms with Crippen molar-refractivity contribution < 1.29 is 17.9 Å². The summed E-state index contributed by atoms with van der Waals surface area (Å²) < 4.78 is 53.0. The Bertz CT molecular complexity index is 1940. The number of benzene rings is 2. The van der Waals surface area contributed by atoms with Crippen molar-refractivity contribution in [2.75, 3.05) is 19.7 Å². The number of piperidine rings is 1. The summed E-state index contributed by atoms with van der Waals surface area (Å²) in [4.78, 5) is 17.0. The molecule has 6 nitrogen and oxygen atoms in total. The molecule has 6 atom stereocenters. The minimum Gasteiger partial charge on any atom is -0.461 e. The molecule has 2 aromatic carbocycles. The number of ether oxygens (including phenoxy) is 1. The van der Waals surface area contributed by atoms with Gasteiger partial charge in [0, 0.05) is 47.3 Å². The highest BCUT2D eigenvalue weighted by atomic mass is 19.1. The van der Waals surface area contributed by atoms with Crippen LogP contribution in [0.2, 0.25) is 0 Å². The van der Waals surface area contributed by atoms with Crippen molar-refractivity contribution in [1.82, 2.24) is 25.2 Å². The van der Waals surface area contributed by atoms with Gasteiger partial charge in [-0.1, -0.05) is 30.2 Å². The maximum absolute atomic E-state index is 17.1. The molecule has 0 amide bonds. The summed E-state index contributed by atoms with van der Waals surface area (Å²) >= 11 is 0. The molecule has 2 aromatic heterocycles. The second-order valence-electron chi connectivity index (χ2n) is 14.1. The number of halogens is 3. The number of nitrogens with one attached hydrogen (secondary N) is 1. The van der Waals surface area contributed by atoms with Gasteiger partial charge < -0.3 is 10.1 Å². The van der Waals surface area contributed by atoms with E-state index in [9.17, 15) is 8.78 Å². The highest BCUT2D eigenvalue weighted by molar-refractivity contribution is 6.01. The van der Waals surface area contributed by atoms with Crippen molar-refractivity contribution >= 4 is 21.7 Å². The summed E-state index contributed by atoms with van der Waals surface area (Å²) in [7, 11) is 0. The van der Waals surface area contributed by atoms with Gasteiger partial charge in [0.2, 0.25) is 0 Å². The van der Waals surface area contributed by atoms with Gasteiger partial charge in [-0.05, 0) is 75.3 Å². The largest absolute Gasteiger partial charge is 0.461 e. The van der Waals surface area contributed by atoms with Gasteiger partial charge in [0.1, 0.15) is 29.8 Å². The average molecular weight is 624 g/mol. The highest BCUT2D eigenvalue weighted by Crippen LogP contribution is 2.48. The van der Waals surface area contributed by atoms with Crippen LogP contribution in [0.25, 0.3) is 32.9 Å².